The number of benzene rings is 1. The molecule has 0 amide bonds. The van der Waals surface area contributed by atoms with E-state index in [9.17, 15) is 8.42 Å². The Balaban J connectivity index is 3.00. The van der Waals surface area contributed by atoms with Gasteiger partial charge in [-0.25, -0.2) is 8.42 Å². The third-order valence-electron chi connectivity index (χ3n) is 3.07. The first kappa shape index (κ1) is 20.5. The molecule has 0 radical (unpaired) electrons. The van der Waals surface area contributed by atoms with Gasteiger partial charge in [0.25, 0.3) is 0 Å². The predicted molar refractivity (Wildman–Crippen MR) is 94.7 cm³/mol. The Kier molecular flexibility index (Phi) is 8.13. The highest BCUT2D eigenvalue weighted by atomic mass is 32.5. The van der Waals surface area contributed by atoms with E-state index in [4.69, 9.17) is 25.4 Å². The molecule has 1 rings (SSSR count). The molecule has 6 nitrogen and oxygen atoms in total. The number of hydrogen-bond acceptors (Lipinski definition) is 6. The van der Waals surface area contributed by atoms with Gasteiger partial charge >= 0.3 is 6.72 Å². The summed E-state index contributed by atoms with van der Waals surface area (Å²) in [5, 5.41) is 0. The molecule has 0 aliphatic heterocycles. The van der Waals surface area contributed by atoms with Crippen LogP contribution in [0.25, 0.3) is 0 Å². The van der Waals surface area contributed by atoms with Crippen LogP contribution in [0.15, 0.2) is 29.2 Å². The van der Waals surface area contributed by atoms with E-state index in [-0.39, 0.29) is 4.90 Å². The maximum atomic E-state index is 12.6. The average Bonchev–Trinajstić information content (AvgIpc) is 2.55. The van der Waals surface area contributed by atoms with Crippen molar-refractivity contribution in [2.24, 2.45) is 0 Å². The van der Waals surface area contributed by atoms with Gasteiger partial charge in [-0.3, -0.25) is 0 Å². The molecule has 23 heavy (non-hydrogen) atoms. The quantitative estimate of drug-likeness (QED) is 0.579. The summed E-state index contributed by atoms with van der Waals surface area (Å²) < 4.78 is 42.4. The van der Waals surface area contributed by atoms with Gasteiger partial charge in [0.2, 0.25) is 10.0 Å². The lowest BCUT2D eigenvalue weighted by molar-refractivity contribution is 0.273. The number of sulfonamides is 1. The lowest BCUT2D eigenvalue weighted by atomic mass is 10.3. The van der Waals surface area contributed by atoms with Gasteiger partial charge in [-0.2, -0.15) is 4.31 Å². The molecule has 0 N–H and O–H groups in total. The highest BCUT2D eigenvalue weighted by molar-refractivity contribution is 8.07. The van der Waals surface area contributed by atoms with E-state index in [0.29, 0.717) is 18.8 Å². The molecular formula is C14H24NO5PS2. The van der Waals surface area contributed by atoms with Gasteiger partial charge in [0.1, 0.15) is 5.75 Å². The van der Waals surface area contributed by atoms with Gasteiger partial charge in [-0.05, 0) is 37.1 Å². The molecule has 0 saturated heterocycles. The van der Waals surface area contributed by atoms with Crippen LogP contribution in [0.1, 0.15) is 26.7 Å². The van der Waals surface area contributed by atoms with Crippen LogP contribution in [0.3, 0.4) is 0 Å². The topological polar surface area (TPSA) is 65.1 Å². The predicted octanol–water partition coefficient (Wildman–Crippen LogP) is 3.39. The van der Waals surface area contributed by atoms with Gasteiger partial charge in [0.05, 0.1) is 4.90 Å². The Morgan fingerprint density at radius 2 is 1.52 bits per heavy atom. The van der Waals surface area contributed by atoms with Crippen LogP contribution in [0.2, 0.25) is 0 Å². The Hall–Kier alpha value is -0.500. The van der Waals surface area contributed by atoms with Crippen LogP contribution >= 0.6 is 6.72 Å². The normalized spacial score (nSPS) is 12.6. The zero-order valence-corrected chi connectivity index (χ0v) is 16.4. The van der Waals surface area contributed by atoms with E-state index in [0.717, 1.165) is 12.8 Å². The first-order valence-corrected chi connectivity index (χ1v) is 11.3. The molecule has 132 valence electrons. The summed E-state index contributed by atoms with van der Waals surface area (Å²) in [4.78, 5) is 0.231. The second-order valence-corrected chi connectivity index (χ2v) is 9.87. The maximum absolute atomic E-state index is 12.6. The first-order valence-electron chi connectivity index (χ1n) is 7.34. The smallest absolute Gasteiger partial charge is 0.380 e. The summed E-state index contributed by atoms with van der Waals surface area (Å²) in [6.45, 7) is 2.09. The van der Waals surface area contributed by atoms with Crippen molar-refractivity contribution >= 4 is 28.5 Å². The average molecular weight is 381 g/mol. The van der Waals surface area contributed by atoms with E-state index >= 15 is 0 Å². The Labute approximate surface area is 144 Å². The second-order valence-electron chi connectivity index (χ2n) is 4.78. The fourth-order valence-corrected chi connectivity index (χ4v) is 4.51. The largest absolute Gasteiger partial charge is 0.424 e. The van der Waals surface area contributed by atoms with Crippen molar-refractivity contribution in [2.75, 3.05) is 27.3 Å². The molecule has 0 bridgehead atoms. The van der Waals surface area contributed by atoms with Gasteiger partial charge in [-0.1, -0.05) is 13.8 Å². The van der Waals surface area contributed by atoms with E-state index in [1.165, 1.54) is 30.7 Å². The summed E-state index contributed by atoms with van der Waals surface area (Å²) in [5.74, 6) is 0.411. The van der Waals surface area contributed by atoms with Crippen LogP contribution in [-0.2, 0) is 30.9 Å². The van der Waals surface area contributed by atoms with Crippen molar-refractivity contribution < 1.29 is 22.0 Å². The zero-order valence-electron chi connectivity index (χ0n) is 13.9. The van der Waals surface area contributed by atoms with Crippen molar-refractivity contribution in [3.8, 4) is 5.75 Å². The minimum Gasteiger partial charge on any atom is -0.424 e. The number of rotatable bonds is 10. The van der Waals surface area contributed by atoms with Crippen LogP contribution < -0.4 is 4.52 Å². The van der Waals surface area contributed by atoms with Crippen LogP contribution in [-0.4, -0.2) is 40.0 Å². The first-order chi connectivity index (χ1) is 10.8. The van der Waals surface area contributed by atoms with Gasteiger partial charge in [0.15, 0.2) is 0 Å². The van der Waals surface area contributed by atoms with Crippen molar-refractivity contribution in [3.63, 3.8) is 0 Å². The summed E-state index contributed by atoms with van der Waals surface area (Å²) in [6, 6.07) is 6.13. The molecule has 1 aromatic rings. The maximum Gasteiger partial charge on any atom is 0.380 e. The number of hydrogen-bond donors (Lipinski definition) is 0. The highest BCUT2D eigenvalue weighted by Crippen LogP contribution is 2.48. The van der Waals surface area contributed by atoms with Gasteiger partial charge < -0.3 is 13.6 Å². The second kappa shape index (κ2) is 9.11. The Bertz CT molecular complexity index is 619. The standard InChI is InChI=1S/C14H24NO5PS2/c1-5-11-15(12-6-2)23(16,17)14-9-7-13(8-10-14)20-21(22,18-3)19-4/h7-10H,5-6,11-12H2,1-4H3. The fourth-order valence-electron chi connectivity index (χ4n) is 1.95. The molecule has 0 spiro atoms. The van der Waals surface area contributed by atoms with E-state index in [2.05, 4.69) is 0 Å². The van der Waals surface area contributed by atoms with Crippen molar-refractivity contribution in [3.05, 3.63) is 24.3 Å². The molecule has 0 aromatic heterocycles. The summed E-state index contributed by atoms with van der Waals surface area (Å²) in [5.41, 5.74) is 0. The third-order valence-corrected chi connectivity index (χ3v) is 7.43. The van der Waals surface area contributed by atoms with Crippen molar-refractivity contribution in [2.45, 2.75) is 31.6 Å². The van der Waals surface area contributed by atoms with E-state index in [1.54, 1.807) is 12.1 Å². The molecule has 0 heterocycles. The molecule has 0 fully saturated rings. The molecule has 0 aliphatic carbocycles. The molecule has 0 aliphatic rings. The van der Waals surface area contributed by atoms with Crippen LogP contribution in [0, 0.1) is 0 Å². The van der Waals surface area contributed by atoms with E-state index in [1.807, 2.05) is 13.8 Å². The van der Waals surface area contributed by atoms with E-state index < -0.39 is 16.7 Å². The zero-order chi connectivity index (χ0) is 17.5. The Morgan fingerprint density at radius 1 is 1.04 bits per heavy atom. The summed E-state index contributed by atoms with van der Waals surface area (Å²) in [6.07, 6.45) is 1.54. The van der Waals surface area contributed by atoms with Crippen molar-refractivity contribution in [1.29, 1.82) is 0 Å². The molecule has 0 saturated carbocycles. The van der Waals surface area contributed by atoms with Crippen LogP contribution in [0.5, 0.6) is 5.75 Å². The summed E-state index contributed by atoms with van der Waals surface area (Å²) >= 11 is 5.12. The van der Waals surface area contributed by atoms with Gasteiger partial charge in [0, 0.05) is 39.1 Å². The SMILES string of the molecule is CCCN(CCC)S(=O)(=O)c1ccc(OP(=S)(OC)OC)cc1. The molecular weight excluding hydrogens is 357 g/mol. The summed E-state index contributed by atoms with van der Waals surface area (Å²) in [7, 11) is -0.672. The molecule has 0 atom stereocenters. The molecule has 1 aromatic carbocycles. The highest BCUT2D eigenvalue weighted by Gasteiger charge is 2.24. The molecule has 9 heteroatoms. The monoisotopic (exact) mass is 381 g/mol. The van der Waals surface area contributed by atoms with Gasteiger partial charge in [-0.15, -0.1) is 0 Å². The van der Waals surface area contributed by atoms with Crippen molar-refractivity contribution in [1.82, 2.24) is 4.31 Å². The van der Waals surface area contributed by atoms with Crippen LogP contribution in [0.4, 0.5) is 0 Å². The minimum atomic E-state index is -3.50. The minimum absolute atomic E-state index is 0.231. The molecule has 0 unspecified atom stereocenters. The number of nitrogens with zero attached hydrogens (tertiary/aromatic N) is 1. The fraction of sp³-hybridized carbons (Fsp3) is 0.571. The Morgan fingerprint density at radius 3 is 1.91 bits per heavy atom. The lowest BCUT2D eigenvalue weighted by Gasteiger charge is -2.21. The third kappa shape index (κ3) is 5.52. The lowest BCUT2D eigenvalue weighted by Crippen LogP contribution is -2.32.